The van der Waals surface area contributed by atoms with E-state index in [0.29, 0.717) is 31.3 Å². The number of pyridine rings is 1. The lowest BCUT2D eigenvalue weighted by molar-refractivity contribution is -0.129. The lowest BCUT2D eigenvalue weighted by atomic mass is 10.1. The highest BCUT2D eigenvalue weighted by Crippen LogP contribution is 2.23. The molecule has 0 aliphatic carbocycles. The summed E-state index contributed by atoms with van der Waals surface area (Å²) >= 11 is 0. The van der Waals surface area contributed by atoms with Gasteiger partial charge in [0.15, 0.2) is 0 Å². The van der Waals surface area contributed by atoms with Gasteiger partial charge in [-0.3, -0.25) is 4.79 Å². The van der Waals surface area contributed by atoms with Crippen LogP contribution in [0.1, 0.15) is 12.5 Å². The fraction of sp³-hybridized carbons (Fsp3) is 0.368. The monoisotopic (exact) mass is 429 g/mol. The van der Waals surface area contributed by atoms with Crippen LogP contribution in [0.2, 0.25) is 0 Å². The van der Waals surface area contributed by atoms with E-state index in [0.717, 1.165) is 11.3 Å². The van der Waals surface area contributed by atoms with Gasteiger partial charge in [0.25, 0.3) is 0 Å². The topological polar surface area (TPSA) is 81.7 Å². The van der Waals surface area contributed by atoms with Crippen LogP contribution in [0.5, 0.6) is 17.4 Å². The normalized spacial score (nSPS) is 18.2. The molecule has 1 aromatic carbocycles. The van der Waals surface area contributed by atoms with E-state index in [1.165, 1.54) is 0 Å². The molecule has 0 radical (unpaired) electrons. The quantitative estimate of drug-likeness (QED) is 0.734. The molecule has 154 valence electrons. The smallest absolute Gasteiger partial charge is 0.240 e. The Kier molecular flexibility index (Phi) is 10.0. The Labute approximate surface area is 177 Å². The van der Waals surface area contributed by atoms with Crippen LogP contribution in [0.25, 0.3) is 0 Å². The van der Waals surface area contributed by atoms with E-state index in [-0.39, 0.29) is 42.9 Å². The number of halogens is 2. The molecule has 0 bridgehead atoms. The molecule has 1 saturated heterocycles. The van der Waals surface area contributed by atoms with Crippen molar-refractivity contribution < 1.29 is 19.0 Å². The van der Waals surface area contributed by atoms with Gasteiger partial charge >= 0.3 is 0 Å². The minimum absolute atomic E-state index is 0. The van der Waals surface area contributed by atoms with Crippen molar-refractivity contribution >= 4 is 30.7 Å². The Morgan fingerprint density at radius 2 is 2.07 bits per heavy atom. The molecular formula is C19H25Cl2N3O4. The summed E-state index contributed by atoms with van der Waals surface area (Å²) in [6, 6.07) is 10.6. The van der Waals surface area contributed by atoms with Crippen LogP contribution in [-0.2, 0) is 16.1 Å². The van der Waals surface area contributed by atoms with Crippen LogP contribution < -0.4 is 20.1 Å². The number of carbonyl (C=O) groups excluding carboxylic acids is 1. The average Bonchev–Trinajstić information content (AvgIpc) is 2.68. The van der Waals surface area contributed by atoms with Crippen LogP contribution in [0, 0.1) is 0 Å². The maximum atomic E-state index is 12.2. The number of hydrogen-bond acceptors (Lipinski definition) is 6. The standard InChI is InChI=1S/C19H23N3O4.2ClH/c1-13-18(20-8-9-25-13)19(23)22-12-14-6-7-17(21-11-14)26-16-5-3-4-15(10-16)24-2;;/h3-7,10-11,13,18,20H,8-9,12H2,1-2H3,(H,22,23);2*1H/t13-,18+;;/m1../s1. The third-order valence-electron chi connectivity index (χ3n) is 4.13. The average molecular weight is 430 g/mol. The molecule has 2 aromatic rings. The van der Waals surface area contributed by atoms with E-state index in [2.05, 4.69) is 15.6 Å². The molecule has 2 atom stereocenters. The van der Waals surface area contributed by atoms with Gasteiger partial charge in [-0.05, 0) is 24.6 Å². The Morgan fingerprint density at radius 3 is 2.75 bits per heavy atom. The van der Waals surface area contributed by atoms with Crippen molar-refractivity contribution in [3.63, 3.8) is 0 Å². The van der Waals surface area contributed by atoms with E-state index in [4.69, 9.17) is 14.2 Å². The molecule has 1 aliphatic heterocycles. The highest BCUT2D eigenvalue weighted by Gasteiger charge is 2.27. The van der Waals surface area contributed by atoms with Gasteiger partial charge < -0.3 is 24.8 Å². The van der Waals surface area contributed by atoms with Crippen molar-refractivity contribution in [1.29, 1.82) is 0 Å². The molecule has 0 spiro atoms. The largest absolute Gasteiger partial charge is 0.497 e. The van der Waals surface area contributed by atoms with Crippen LogP contribution in [-0.4, -0.2) is 43.3 Å². The summed E-state index contributed by atoms with van der Waals surface area (Å²) in [6.45, 7) is 3.60. The van der Waals surface area contributed by atoms with E-state index < -0.39 is 0 Å². The van der Waals surface area contributed by atoms with Crippen LogP contribution in [0.3, 0.4) is 0 Å². The molecule has 7 nitrogen and oxygen atoms in total. The third kappa shape index (κ3) is 6.53. The lowest BCUT2D eigenvalue weighted by Crippen LogP contribution is -2.55. The second kappa shape index (κ2) is 11.7. The first-order valence-corrected chi connectivity index (χ1v) is 8.55. The molecular weight excluding hydrogens is 405 g/mol. The van der Waals surface area contributed by atoms with Crippen molar-refractivity contribution in [3.05, 3.63) is 48.2 Å². The molecule has 1 fully saturated rings. The Hall–Kier alpha value is -2.06. The molecule has 2 N–H and O–H groups in total. The van der Waals surface area contributed by atoms with Crippen molar-refractivity contribution in [3.8, 4) is 17.4 Å². The van der Waals surface area contributed by atoms with Gasteiger partial charge in [0.1, 0.15) is 17.5 Å². The molecule has 2 heterocycles. The second-order valence-electron chi connectivity index (χ2n) is 6.01. The van der Waals surface area contributed by atoms with E-state index in [9.17, 15) is 4.79 Å². The van der Waals surface area contributed by atoms with Gasteiger partial charge in [-0.15, -0.1) is 24.8 Å². The van der Waals surface area contributed by atoms with Gasteiger partial charge in [0.2, 0.25) is 11.8 Å². The zero-order valence-electron chi connectivity index (χ0n) is 15.7. The van der Waals surface area contributed by atoms with Crippen molar-refractivity contribution in [2.24, 2.45) is 0 Å². The van der Waals surface area contributed by atoms with Crippen molar-refractivity contribution in [1.82, 2.24) is 15.6 Å². The number of carbonyl (C=O) groups is 1. The number of nitrogens with one attached hydrogen (secondary N) is 2. The number of aromatic nitrogens is 1. The molecule has 1 aliphatic rings. The summed E-state index contributed by atoms with van der Waals surface area (Å²) in [7, 11) is 1.61. The molecule has 28 heavy (non-hydrogen) atoms. The number of amides is 1. The van der Waals surface area contributed by atoms with Gasteiger partial charge in [0.05, 0.1) is 19.8 Å². The van der Waals surface area contributed by atoms with E-state index in [1.54, 1.807) is 25.4 Å². The van der Waals surface area contributed by atoms with Gasteiger partial charge in [-0.2, -0.15) is 0 Å². The first-order valence-electron chi connectivity index (χ1n) is 8.55. The SMILES string of the molecule is COc1cccc(Oc2ccc(CNC(=O)[C@H]3NCCO[C@@H]3C)cn2)c1.Cl.Cl. The first kappa shape index (κ1) is 24.0. The molecule has 1 amide bonds. The number of rotatable bonds is 6. The number of ether oxygens (including phenoxy) is 3. The Morgan fingerprint density at radius 1 is 1.29 bits per heavy atom. The number of hydrogen-bond donors (Lipinski definition) is 2. The molecule has 0 saturated carbocycles. The van der Waals surface area contributed by atoms with Gasteiger partial charge in [-0.1, -0.05) is 12.1 Å². The van der Waals surface area contributed by atoms with Crippen LogP contribution in [0.4, 0.5) is 0 Å². The molecule has 1 aromatic heterocycles. The van der Waals surface area contributed by atoms with Crippen molar-refractivity contribution in [2.45, 2.75) is 25.6 Å². The number of methoxy groups -OCH3 is 1. The fourth-order valence-corrected chi connectivity index (χ4v) is 2.69. The third-order valence-corrected chi connectivity index (χ3v) is 4.13. The van der Waals surface area contributed by atoms with Crippen LogP contribution in [0.15, 0.2) is 42.6 Å². The summed E-state index contributed by atoms with van der Waals surface area (Å²) in [4.78, 5) is 16.5. The van der Waals surface area contributed by atoms with Crippen LogP contribution >= 0.6 is 24.8 Å². The van der Waals surface area contributed by atoms with Gasteiger partial charge in [-0.25, -0.2) is 4.98 Å². The molecule has 0 unspecified atom stereocenters. The first-order chi connectivity index (χ1) is 12.7. The fourth-order valence-electron chi connectivity index (χ4n) is 2.69. The predicted molar refractivity (Wildman–Crippen MR) is 111 cm³/mol. The Balaban J connectivity index is 0.00000196. The lowest BCUT2D eigenvalue weighted by Gasteiger charge is -2.29. The highest BCUT2D eigenvalue weighted by molar-refractivity contribution is 5.85. The minimum Gasteiger partial charge on any atom is -0.497 e. The predicted octanol–water partition coefficient (Wildman–Crippen LogP) is 2.72. The number of morpholine rings is 1. The Bertz CT molecular complexity index is 746. The maximum Gasteiger partial charge on any atom is 0.240 e. The summed E-state index contributed by atoms with van der Waals surface area (Å²) in [5, 5.41) is 6.07. The summed E-state index contributed by atoms with van der Waals surface area (Å²) in [6.07, 6.45) is 1.55. The highest BCUT2D eigenvalue weighted by atomic mass is 35.5. The van der Waals surface area contributed by atoms with Gasteiger partial charge in [0, 0.05) is 31.4 Å². The van der Waals surface area contributed by atoms with E-state index in [1.807, 2.05) is 31.2 Å². The molecule has 3 rings (SSSR count). The maximum absolute atomic E-state index is 12.2. The zero-order chi connectivity index (χ0) is 18.4. The second-order valence-corrected chi connectivity index (χ2v) is 6.01. The number of nitrogens with zero attached hydrogens (tertiary/aromatic N) is 1. The van der Waals surface area contributed by atoms with Crippen molar-refractivity contribution in [2.75, 3.05) is 20.3 Å². The minimum atomic E-state index is -0.327. The summed E-state index contributed by atoms with van der Waals surface area (Å²) in [5.74, 6) is 1.77. The zero-order valence-corrected chi connectivity index (χ0v) is 17.3. The summed E-state index contributed by atoms with van der Waals surface area (Å²) in [5.41, 5.74) is 0.890. The molecule has 9 heteroatoms. The summed E-state index contributed by atoms with van der Waals surface area (Å²) < 4.78 is 16.4. The van der Waals surface area contributed by atoms with E-state index >= 15 is 0 Å². The number of benzene rings is 1.